The van der Waals surface area contributed by atoms with Crippen molar-refractivity contribution < 1.29 is 0 Å². The highest BCUT2D eigenvalue weighted by Crippen LogP contribution is 2.16. The molecule has 96 valence electrons. The quantitative estimate of drug-likeness (QED) is 0.843. The van der Waals surface area contributed by atoms with Gasteiger partial charge in [-0.1, -0.05) is 13.8 Å². The molecule has 0 bridgehead atoms. The minimum absolute atomic E-state index is 0.749. The van der Waals surface area contributed by atoms with E-state index in [9.17, 15) is 0 Å². The Labute approximate surface area is 108 Å². The van der Waals surface area contributed by atoms with E-state index in [2.05, 4.69) is 29.0 Å². The molecule has 1 fully saturated rings. The van der Waals surface area contributed by atoms with Gasteiger partial charge in [0.2, 0.25) is 0 Å². The molecule has 1 aromatic rings. The minimum atomic E-state index is 0.749. The molecule has 1 saturated heterocycles. The van der Waals surface area contributed by atoms with Crippen LogP contribution in [0.1, 0.15) is 36.6 Å². The van der Waals surface area contributed by atoms with E-state index in [1.807, 2.05) is 17.5 Å². The van der Waals surface area contributed by atoms with E-state index in [4.69, 9.17) is 0 Å². The van der Waals surface area contributed by atoms with Gasteiger partial charge in [-0.05, 0) is 32.4 Å². The number of aryl methyl sites for hydroxylation is 1. The van der Waals surface area contributed by atoms with E-state index in [-0.39, 0.29) is 0 Å². The number of likely N-dealkylation sites (tertiary alicyclic amines) is 1. The van der Waals surface area contributed by atoms with Crippen LogP contribution in [-0.4, -0.2) is 35.6 Å². The monoisotopic (exact) mass is 253 g/mol. The van der Waals surface area contributed by atoms with Crippen LogP contribution in [-0.2, 0) is 13.0 Å². The Hall–Kier alpha value is -0.450. The summed E-state index contributed by atoms with van der Waals surface area (Å²) in [5.41, 5.74) is 0. The lowest BCUT2D eigenvalue weighted by Crippen LogP contribution is -2.37. The van der Waals surface area contributed by atoms with Gasteiger partial charge in [-0.2, -0.15) is 0 Å². The number of hydrogen-bond donors (Lipinski definition) is 1. The summed E-state index contributed by atoms with van der Waals surface area (Å²) in [6.07, 6.45) is 5.78. The van der Waals surface area contributed by atoms with Crippen LogP contribution in [0.2, 0.25) is 0 Å². The molecule has 1 aliphatic heterocycles. The predicted molar refractivity (Wildman–Crippen MR) is 73.5 cm³/mol. The third-order valence-corrected chi connectivity index (χ3v) is 4.63. The first-order chi connectivity index (χ1) is 8.33. The van der Waals surface area contributed by atoms with Gasteiger partial charge in [0, 0.05) is 30.2 Å². The van der Waals surface area contributed by atoms with Crippen LogP contribution in [0.3, 0.4) is 0 Å². The molecule has 1 aliphatic rings. The lowest BCUT2D eigenvalue weighted by atomic mass is 10.2. The topological polar surface area (TPSA) is 28.2 Å². The highest BCUT2D eigenvalue weighted by atomic mass is 32.1. The Kier molecular flexibility index (Phi) is 4.95. The van der Waals surface area contributed by atoms with Gasteiger partial charge >= 0.3 is 0 Å². The summed E-state index contributed by atoms with van der Waals surface area (Å²) in [6, 6.07) is 0.749. The third kappa shape index (κ3) is 3.50. The summed E-state index contributed by atoms with van der Waals surface area (Å²) in [6.45, 7) is 8.98. The molecule has 1 N–H and O–H groups in total. The van der Waals surface area contributed by atoms with Gasteiger partial charge < -0.3 is 5.32 Å². The lowest BCUT2D eigenvalue weighted by Gasteiger charge is -2.22. The van der Waals surface area contributed by atoms with Crippen LogP contribution < -0.4 is 5.32 Å². The van der Waals surface area contributed by atoms with Crippen LogP contribution in [0.25, 0.3) is 0 Å². The van der Waals surface area contributed by atoms with E-state index in [0.29, 0.717) is 0 Å². The second-order valence-corrected chi connectivity index (χ2v) is 5.83. The molecule has 3 nitrogen and oxygen atoms in total. The predicted octanol–water partition coefficient (Wildman–Crippen LogP) is 2.28. The fraction of sp³-hybridized carbons (Fsp3) is 0.769. The Morgan fingerprint density at radius 1 is 1.53 bits per heavy atom. The summed E-state index contributed by atoms with van der Waals surface area (Å²) in [5, 5.41) is 4.82. The average Bonchev–Trinajstić information content (AvgIpc) is 2.97. The fourth-order valence-corrected chi connectivity index (χ4v) is 3.33. The second-order valence-electron chi connectivity index (χ2n) is 4.63. The van der Waals surface area contributed by atoms with Crippen molar-refractivity contribution in [2.24, 2.45) is 0 Å². The summed E-state index contributed by atoms with van der Waals surface area (Å²) < 4.78 is 0. The molecule has 0 radical (unpaired) electrons. The van der Waals surface area contributed by atoms with Crippen LogP contribution in [0.15, 0.2) is 6.20 Å². The van der Waals surface area contributed by atoms with Crippen LogP contribution in [0, 0.1) is 0 Å². The van der Waals surface area contributed by atoms with E-state index in [0.717, 1.165) is 25.6 Å². The van der Waals surface area contributed by atoms with Gasteiger partial charge in [0.05, 0.1) is 5.01 Å². The smallest absolute Gasteiger partial charge is 0.0925 e. The molecular formula is C13H23N3S. The van der Waals surface area contributed by atoms with E-state index < -0.39 is 0 Å². The van der Waals surface area contributed by atoms with Gasteiger partial charge in [0.15, 0.2) is 0 Å². The molecule has 17 heavy (non-hydrogen) atoms. The van der Waals surface area contributed by atoms with Gasteiger partial charge in [-0.25, -0.2) is 4.98 Å². The number of rotatable bonds is 6. The van der Waals surface area contributed by atoms with Crippen molar-refractivity contribution in [3.8, 4) is 0 Å². The molecule has 0 aromatic carbocycles. The Bertz CT molecular complexity index is 337. The molecular weight excluding hydrogens is 230 g/mol. The van der Waals surface area contributed by atoms with Crippen molar-refractivity contribution in [2.45, 2.75) is 45.7 Å². The summed E-state index contributed by atoms with van der Waals surface area (Å²) in [4.78, 5) is 8.33. The van der Waals surface area contributed by atoms with Crippen molar-refractivity contribution in [3.05, 3.63) is 16.1 Å². The van der Waals surface area contributed by atoms with Gasteiger partial charge in [-0.15, -0.1) is 11.3 Å². The Morgan fingerprint density at radius 3 is 3.12 bits per heavy atom. The summed E-state index contributed by atoms with van der Waals surface area (Å²) in [7, 11) is 0. The summed E-state index contributed by atoms with van der Waals surface area (Å²) >= 11 is 1.83. The maximum Gasteiger partial charge on any atom is 0.0925 e. The molecule has 1 unspecified atom stereocenters. The normalized spacial score (nSPS) is 21.2. The van der Waals surface area contributed by atoms with Crippen molar-refractivity contribution in [2.75, 3.05) is 19.6 Å². The SMILES string of the molecule is CCc1ncc(CNCC2CCCN2CC)s1. The second kappa shape index (κ2) is 6.47. The first-order valence-electron chi connectivity index (χ1n) is 6.71. The maximum atomic E-state index is 4.38. The Balaban J connectivity index is 1.72. The van der Waals surface area contributed by atoms with Crippen LogP contribution in [0.5, 0.6) is 0 Å². The third-order valence-electron chi connectivity index (χ3n) is 3.49. The maximum absolute atomic E-state index is 4.38. The zero-order valence-corrected chi connectivity index (χ0v) is 11.7. The standard InChI is InChI=1S/C13H23N3S/c1-3-13-15-10-12(17-13)9-14-8-11-6-5-7-16(11)4-2/h10-11,14H,3-9H2,1-2H3. The van der Waals surface area contributed by atoms with Crippen molar-refractivity contribution in [1.29, 1.82) is 0 Å². The average molecular weight is 253 g/mol. The number of aromatic nitrogens is 1. The largest absolute Gasteiger partial charge is 0.310 e. The molecule has 2 rings (SSSR count). The molecule has 1 aromatic heterocycles. The molecule has 0 amide bonds. The van der Waals surface area contributed by atoms with Crippen LogP contribution in [0.4, 0.5) is 0 Å². The molecule has 1 atom stereocenters. The number of likely N-dealkylation sites (N-methyl/N-ethyl adjacent to an activating group) is 1. The first kappa shape index (κ1) is 13.0. The lowest BCUT2D eigenvalue weighted by molar-refractivity contribution is 0.260. The van der Waals surface area contributed by atoms with E-state index >= 15 is 0 Å². The zero-order chi connectivity index (χ0) is 12.1. The Morgan fingerprint density at radius 2 is 2.41 bits per heavy atom. The number of nitrogens with zero attached hydrogens (tertiary/aromatic N) is 2. The molecule has 2 heterocycles. The number of hydrogen-bond acceptors (Lipinski definition) is 4. The van der Waals surface area contributed by atoms with Crippen LogP contribution >= 0.6 is 11.3 Å². The summed E-state index contributed by atoms with van der Waals surface area (Å²) in [5.74, 6) is 0. The van der Waals surface area contributed by atoms with Crippen molar-refractivity contribution in [3.63, 3.8) is 0 Å². The molecule has 4 heteroatoms. The van der Waals surface area contributed by atoms with E-state index in [1.165, 1.54) is 35.8 Å². The van der Waals surface area contributed by atoms with Gasteiger partial charge in [-0.3, -0.25) is 4.90 Å². The van der Waals surface area contributed by atoms with Gasteiger partial charge in [0.1, 0.15) is 0 Å². The fourth-order valence-electron chi connectivity index (χ4n) is 2.50. The highest BCUT2D eigenvalue weighted by Gasteiger charge is 2.22. The highest BCUT2D eigenvalue weighted by molar-refractivity contribution is 7.11. The molecule has 0 saturated carbocycles. The zero-order valence-electron chi connectivity index (χ0n) is 10.9. The number of thiazole rings is 1. The van der Waals surface area contributed by atoms with E-state index in [1.54, 1.807) is 0 Å². The molecule has 0 spiro atoms. The number of nitrogens with one attached hydrogen (secondary N) is 1. The molecule has 0 aliphatic carbocycles. The van der Waals surface area contributed by atoms with Crippen molar-refractivity contribution >= 4 is 11.3 Å². The first-order valence-corrected chi connectivity index (χ1v) is 7.53. The van der Waals surface area contributed by atoms with Gasteiger partial charge in [0.25, 0.3) is 0 Å². The van der Waals surface area contributed by atoms with Crippen molar-refractivity contribution in [1.82, 2.24) is 15.2 Å². The minimum Gasteiger partial charge on any atom is -0.310 e.